The van der Waals surface area contributed by atoms with Crippen LogP contribution in [0, 0.1) is 0 Å². The minimum absolute atomic E-state index is 0.483. The summed E-state index contributed by atoms with van der Waals surface area (Å²) in [5, 5.41) is 31.1. The number of hydrogen-bond acceptors (Lipinski definition) is 4. The predicted octanol–water partition coefficient (Wildman–Crippen LogP) is 0.532. The number of benzene rings is 1. The van der Waals surface area contributed by atoms with E-state index in [0.717, 1.165) is 0 Å². The van der Waals surface area contributed by atoms with Gasteiger partial charge in [0.1, 0.15) is 6.04 Å². The average Bonchev–Trinajstić information content (AvgIpc) is 2.35. The molecule has 0 fully saturated rings. The van der Waals surface area contributed by atoms with Crippen molar-refractivity contribution < 1.29 is 20.1 Å². The molecule has 1 rings (SSSR count). The summed E-state index contributed by atoms with van der Waals surface area (Å²) in [6.45, 7) is 3.07. The molecule has 0 aliphatic heterocycles. The van der Waals surface area contributed by atoms with Crippen LogP contribution < -0.4 is 5.32 Å². The zero-order valence-electron chi connectivity index (χ0n) is 10.4. The summed E-state index contributed by atoms with van der Waals surface area (Å²) in [4.78, 5) is 10.9. The molecule has 100 valence electrons. The third-order valence-corrected chi connectivity index (χ3v) is 2.81. The maximum absolute atomic E-state index is 10.9. The molecule has 5 nitrogen and oxygen atoms in total. The zero-order chi connectivity index (χ0) is 13.7. The van der Waals surface area contributed by atoms with E-state index in [-0.39, 0.29) is 0 Å². The number of carbonyl (C=O) groups is 1. The summed E-state index contributed by atoms with van der Waals surface area (Å²) >= 11 is 0. The molecule has 0 amide bonds. The molecular formula is C13H19NO4. The van der Waals surface area contributed by atoms with Crippen LogP contribution in [0.2, 0.25) is 0 Å². The number of rotatable bonds is 6. The standard InChI is InChI=1S/C13H19NO4/c1-8(14-11(9(2)15)13(17)18)12(16)10-6-4-3-5-7-10/h3-9,11-12,14-16H,1-2H3,(H,17,18). The van der Waals surface area contributed by atoms with Crippen LogP contribution >= 0.6 is 0 Å². The van der Waals surface area contributed by atoms with Gasteiger partial charge < -0.3 is 15.3 Å². The highest BCUT2D eigenvalue weighted by Gasteiger charge is 2.27. The van der Waals surface area contributed by atoms with Gasteiger partial charge in [-0.1, -0.05) is 30.3 Å². The lowest BCUT2D eigenvalue weighted by Gasteiger charge is -2.26. The monoisotopic (exact) mass is 253 g/mol. The molecule has 0 aromatic heterocycles. The van der Waals surface area contributed by atoms with Crippen LogP contribution in [0.5, 0.6) is 0 Å². The molecular weight excluding hydrogens is 234 g/mol. The summed E-state index contributed by atoms with van der Waals surface area (Å²) in [6.07, 6.45) is -1.86. The number of aliphatic carboxylic acids is 1. The molecule has 1 aromatic carbocycles. The van der Waals surface area contributed by atoms with Crippen molar-refractivity contribution in [1.82, 2.24) is 5.32 Å². The van der Waals surface area contributed by atoms with E-state index in [0.29, 0.717) is 5.56 Å². The Morgan fingerprint density at radius 1 is 1.17 bits per heavy atom. The first kappa shape index (κ1) is 14.6. The summed E-state index contributed by atoms with van der Waals surface area (Å²) in [5.74, 6) is -1.14. The van der Waals surface area contributed by atoms with Crippen LogP contribution in [0.3, 0.4) is 0 Å². The summed E-state index contributed by atoms with van der Waals surface area (Å²) in [7, 11) is 0. The first-order chi connectivity index (χ1) is 8.43. The van der Waals surface area contributed by atoms with Crippen molar-refractivity contribution in [2.45, 2.75) is 38.1 Å². The maximum Gasteiger partial charge on any atom is 0.323 e. The largest absolute Gasteiger partial charge is 0.480 e. The molecule has 18 heavy (non-hydrogen) atoms. The van der Waals surface area contributed by atoms with Gasteiger partial charge in [0.05, 0.1) is 12.2 Å². The maximum atomic E-state index is 10.9. The van der Waals surface area contributed by atoms with E-state index in [2.05, 4.69) is 5.32 Å². The van der Waals surface area contributed by atoms with E-state index >= 15 is 0 Å². The Kier molecular flexibility index (Phi) is 5.27. The Bertz CT molecular complexity index is 380. The molecule has 0 aliphatic rings. The minimum atomic E-state index is -1.14. The second-order valence-corrected chi connectivity index (χ2v) is 4.37. The predicted molar refractivity (Wildman–Crippen MR) is 67.1 cm³/mol. The smallest absolute Gasteiger partial charge is 0.323 e. The number of carboxylic acid groups (broad SMARTS) is 1. The van der Waals surface area contributed by atoms with Gasteiger partial charge in [0.2, 0.25) is 0 Å². The lowest BCUT2D eigenvalue weighted by atomic mass is 10.0. The molecule has 0 bridgehead atoms. The Morgan fingerprint density at radius 2 is 1.72 bits per heavy atom. The van der Waals surface area contributed by atoms with Gasteiger partial charge >= 0.3 is 5.97 Å². The number of hydrogen-bond donors (Lipinski definition) is 4. The Morgan fingerprint density at radius 3 is 2.17 bits per heavy atom. The molecule has 0 heterocycles. The van der Waals surface area contributed by atoms with Gasteiger partial charge in [-0.15, -0.1) is 0 Å². The fourth-order valence-corrected chi connectivity index (χ4v) is 1.73. The number of carboxylic acids is 1. The first-order valence-electron chi connectivity index (χ1n) is 5.83. The normalized spacial score (nSPS) is 17.8. The van der Waals surface area contributed by atoms with E-state index in [1.165, 1.54) is 6.92 Å². The van der Waals surface area contributed by atoms with Gasteiger partial charge in [-0.3, -0.25) is 10.1 Å². The topological polar surface area (TPSA) is 89.8 Å². The van der Waals surface area contributed by atoms with Gasteiger partial charge in [0.25, 0.3) is 0 Å². The van der Waals surface area contributed by atoms with E-state index in [4.69, 9.17) is 5.11 Å². The first-order valence-corrected chi connectivity index (χ1v) is 5.83. The van der Waals surface area contributed by atoms with Gasteiger partial charge in [0.15, 0.2) is 0 Å². The lowest BCUT2D eigenvalue weighted by molar-refractivity contribution is -0.142. The molecule has 0 radical (unpaired) electrons. The van der Waals surface area contributed by atoms with Crippen LogP contribution in [0.25, 0.3) is 0 Å². The molecule has 1 aromatic rings. The summed E-state index contributed by atoms with van der Waals surface area (Å²) in [5.41, 5.74) is 0.701. The van der Waals surface area contributed by atoms with Crippen molar-refractivity contribution in [3.8, 4) is 0 Å². The van der Waals surface area contributed by atoms with Crippen molar-refractivity contribution in [1.29, 1.82) is 0 Å². The van der Waals surface area contributed by atoms with E-state index < -0.39 is 30.3 Å². The molecule has 4 N–H and O–H groups in total. The highest BCUT2D eigenvalue weighted by Crippen LogP contribution is 2.16. The second kappa shape index (κ2) is 6.49. The minimum Gasteiger partial charge on any atom is -0.480 e. The Labute approximate surface area is 106 Å². The summed E-state index contributed by atoms with van der Waals surface area (Å²) < 4.78 is 0. The molecule has 0 saturated carbocycles. The van der Waals surface area contributed by atoms with Gasteiger partial charge in [-0.25, -0.2) is 0 Å². The average molecular weight is 253 g/mol. The molecule has 4 atom stereocenters. The van der Waals surface area contributed by atoms with Crippen LogP contribution in [-0.2, 0) is 4.79 Å². The van der Waals surface area contributed by atoms with Crippen LogP contribution in [0.1, 0.15) is 25.5 Å². The van der Waals surface area contributed by atoms with Crippen molar-refractivity contribution >= 4 is 5.97 Å². The number of aliphatic hydroxyl groups excluding tert-OH is 2. The number of nitrogens with one attached hydrogen (secondary N) is 1. The summed E-state index contributed by atoms with van der Waals surface area (Å²) in [6, 6.07) is 7.39. The fraction of sp³-hybridized carbons (Fsp3) is 0.462. The molecule has 5 heteroatoms. The van der Waals surface area contributed by atoms with Gasteiger partial charge in [-0.05, 0) is 19.4 Å². The second-order valence-electron chi connectivity index (χ2n) is 4.37. The lowest BCUT2D eigenvalue weighted by Crippen LogP contribution is -2.50. The van der Waals surface area contributed by atoms with Crippen molar-refractivity contribution in [2.75, 3.05) is 0 Å². The Hall–Kier alpha value is -1.43. The van der Waals surface area contributed by atoms with E-state index in [1.807, 2.05) is 6.07 Å². The Balaban J connectivity index is 2.70. The van der Waals surface area contributed by atoms with Crippen molar-refractivity contribution in [3.05, 3.63) is 35.9 Å². The van der Waals surface area contributed by atoms with Gasteiger partial charge in [-0.2, -0.15) is 0 Å². The molecule has 0 saturated heterocycles. The van der Waals surface area contributed by atoms with Crippen LogP contribution in [0.4, 0.5) is 0 Å². The van der Waals surface area contributed by atoms with Crippen LogP contribution in [-0.4, -0.2) is 39.5 Å². The van der Waals surface area contributed by atoms with Crippen LogP contribution in [0.15, 0.2) is 30.3 Å². The van der Waals surface area contributed by atoms with Gasteiger partial charge in [0, 0.05) is 6.04 Å². The highest BCUT2D eigenvalue weighted by atomic mass is 16.4. The third-order valence-electron chi connectivity index (χ3n) is 2.81. The number of aliphatic hydroxyl groups is 2. The quantitative estimate of drug-likeness (QED) is 0.594. The fourth-order valence-electron chi connectivity index (χ4n) is 1.73. The highest BCUT2D eigenvalue weighted by molar-refractivity contribution is 5.74. The SMILES string of the molecule is CC(O)C(NC(C)C(O)c1ccccc1)C(=O)O. The third kappa shape index (κ3) is 3.80. The van der Waals surface area contributed by atoms with E-state index in [1.54, 1.807) is 31.2 Å². The van der Waals surface area contributed by atoms with Crippen molar-refractivity contribution in [3.63, 3.8) is 0 Å². The molecule has 0 spiro atoms. The van der Waals surface area contributed by atoms with E-state index in [9.17, 15) is 15.0 Å². The van der Waals surface area contributed by atoms with Crippen molar-refractivity contribution in [2.24, 2.45) is 0 Å². The molecule has 0 aliphatic carbocycles. The molecule has 4 unspecified atom stereocenters. The zero-order valence-corrected chi connectivity index (χ0v) is 10.4.